The normalized spacial score (nSPS) is 17.1. The summed E-state index contributed by atoms with van der Waals surface area (Å²) in [6, 6.07) is 8.13. The van der Waals surface area contributed by atoms with Gasteiger partial charge in [0.2, 0.25) is 11.8 Å². The zero-order chi connectivity index (χ0) is 20.7. The SMILES string of the molecule is C[C@@H]1CCc2sc(-c3nnc(S[C@@H](C)c4nnc(-c5ccc(F)cc5)o4)o3)cc2C1. The average Bonchev–Trinajstić information content (AvgIpc) is 3.47. The Labute approximate surface area is 180 Å². The maximum Gasteiger partial charge on any atom is 0.277 e. The van der Waals surface area contributed by atoms with Crippen LogP contribution in [0.5, 0.6) is 0 Å². The third kappa shape index (κ3) is 3.91. The van der Waals surface area contributed by atoms with Crippen molar-refractivity contribution < 1.29 is 13.2 Å². The Morgan fingerprint density at radius 3 is 2.73 bits per heavy atom. The fourth-order valence-corrected chi connectivity index (χ4v) is 5.32. The number of fused-ring (bicyclic) bond motifs is 1. The van der Waals surface area contributed by atoms with Crippen molar-refractivity contribution in [2.24, 2.45) is 5.92 Å². The highest BCUT2D eigenvalue weighted by Crippen LogP contribution is 2.39. The van der Waals surface area contributed by atoms with E-state index < -0.39 is 0 Å². The minimum absolute atomic E-state index is 0.169. The predicted molar refractivity (Wildman–Crippen MR) is 113 cm³/mol. The number of aromatic nitrogens is 4. The molecule has 1 aliphatic rings. The zero-order valence-electron chi connectivity index (χ0n) is 16.5. The molecule has 6 nitrogen and oxygen atoms in total. The number of hydrogen-bond acceptors (Lipinski definition) is 8. The van der Waals surface area contributed by atoms with Crippen molar-refractivity contribution >= 4 is 23.1 Å². The molecular formula is C21H19FN4O2S2. The molecule has 30 heavy (non-hydrogen) atoms. The van der Waals surface area contributed by atoms with Gasteiger partial charge in [0.15, 0.2) is 0 Å². The molecule has 0 amide bonds. The van der Waals surface area contributed by atoms with Crippen molar-refractivity contribution in [1.82, 2.24) is 20.4 Å². The van der Waals surface area contributed by atoms with Crippen LogP contribution in [0, 0.1) is 11.7 Å². The van der Waals surface area contributed by atoms with Crippen LogP contribution in [0.15, 0.2) is 44.4 Å². The van der Waals surface area contributed by atoms with E-state index in [0.29, 0.717) is 28.5 Å². The Hall–Kier alpha value is -2.52. The summed E-state index contributed by atoms with van der Waals surface area (Å²) >= 11 is 3.11. The molecule has 0 bridgehead atoms. The molecule has 1 aliphatic carbocycles. The first kappa shape index (κ1) is 19.4. The predicted octanol–water partition coefficient (Wildman–Crippen LogP) is 5.97. The number of halogens is 1. The monoisotopic (exact) mass is 442 g/mol. The van der Waals surface area contributed by atoms with Gasteiger partial charge in [-0.1, -0.05) is 18.7 Å². The van der Waals surface area contributed by atoms with E-state index in [0.717, 1.165) is 23.6 Å². The van der Waals surface area contributed by atoms with Gasteiger partial charge in [-0.05, 0) is 68.0 Å². The molecule has 3 heterocycles. The second-order valence-corrected chi connectivity index (χ2v) is 9.92. The minimum Gasteiger partial charge on any atom is -0.419 e. The van der Waals surface area contributed by atoms with Crippen LogP contribution in [-0.2, 0) is 12.8 Å². The van der Waals surface area contributed by atoms with Crippen LogP contribution < -0.4 is 0 Å². The van der Waals surface area contributed by atoms with Crippen molar-refractivity contribution in [2.45, 2.75) is 43.6 Å². The molecule has 0 fully saturated rings. The number of rotatable bonds is 5. The number of thioether (sulfide) groups is 1. The van der Waals surface area contributed by atoms with Gasteiger partial charge < -0.3 is 8.83 Å². The first-order valence-corrected chi connectivity index (χ1v) is 11.5. The number of hydrogen-bond donors (Lipinski definition) is 0. The van der Waals surface area contributed by atoms with Crippen molar-refractivity contribution in [3.05, 3.63) is 52.5 Å². The summed E-state index contributed by atoms with van der Waals surface area (Å²) in [6.07, 6.45) is 3.48. The second kappa shape index (κ2) is 7.96. The fourth-order valence-electron chi connectivity index (χ4n) is 3.48. The van der Waals surface area contributed by atoms with Gasteiger partial charge >= 0.3 is 0 Å². The summed E-state index contributed by atoms with van der Waals surface area (Å²) < 4.78 is 24.7. The largest absolute Gasteiger partial charge is 0.419 e. The lowest BCUT2D eigenvalue weighted by atomic mass is 9.90. The van der Waals surface area contributed by atoms with Crippen LogP contribution in [0.3, 0.4) is 0 Å². The lowest BCUT2D eigenvalue weighted by Crippen LogP contribution is -2.07. The summed E-state index contributed by atoms with van der Waals surface area (Å²) in [6.45, 7) is 4.23. The highest BCUT2D eigenvalue weighted by atomic mass is 32.2. The van der Waals surface area contributed by atoms with Gasteiger partial charge in [-0.15, -0.1) is 31.7 Å². The van der Waals surface area contributed by atoms with E-state index in [1.807, 2.05) is 6.92 Å². The maximum atomic E-state index is 13.1. The molecule has 2 atom stereocenters. The Morgan fingerprint density at radius 2 is 1.90 bits per heavy atom. The topological polar surface area (TPSA) is 77.8 Å². The molecule has 0 aliphatic heterocycles. The number of nitrogens with zero attached hydrogens (tertiary/aromatic N) is 4. The molecule has 4 aromatic rings. The van der Waals surface area contributed by atoms with Crippen molar-refractivity contribution in [1.29, 1.82) is 0 Å². The summed E-state index contributed by atoms with van der Waals surface area (Å²) in [5.41, 5.74) is 2.08. The average molecular weight is 443 g/mol. The standard InChI is InChI=1S/C21H19FN4O2S2/c1-11-3-8-16-14(9-11)10-17(30-16)20-25-26-21(28-20)29-12(2)18-23-24-19(27-18)13-4-6-15(22)7-5-13/h4-7,10-12H,3,8-9H2,1-2H3/t11-,12+/m1/s1. The molecule has 0 spiro atoms. The van der Waals surface area contributed by atoms with Gasteiger partial charge in [0, 0.05) is 10.4 Å². The van der Waals surface area contributed by atoms with Crippen LogP contribution in [0.25, 0.3) is 22.2 Å². The van der Waals surface area contributed by atoms with E-state index in [4.69, 9.17) is 8.83 Å². The molecule has 0 N–H and O–H groups in total. The smallest absolute Gasteiger partial charge is 0.277 e. The quantitative estimate of drug-likeness (QED) is 0.353. The van der Waals surface area contributed by atoms with Crippen LogP contribution in [-0.4, -0.2) is 20.4 Å². The molecule has 5 rings (SSSR count). The van der Waals surface area contributed by atoms with E-state index in [9.17, 15) is 4.39 Å². The summed E-state index contributed by atoms with van der Waals surface area (Å²) in [5, 5.41) is 16.9. The van der Waals surface area contributed by atoms with Gasteiger partial charge in [-0.2, -0.15) is 0 Å². The Bertz CT molecular complexity index is 1170. The van der Waals surface area contributed by atoms with Crippen molar-refractivity contribution in [2.75, 3.05) is 0 Å². The van der Waals surface area contributed by atoms with Gasteiger partial charge in [0.25, 0.3) is 11.1 Å². The van der Waals surface area contributed by atoms with Crippen molar-refractivity contribution in [3.63, 3.8) is 0 Å². The summed E-state index contributed by atoms with van der Waals surface area (Å²) in [7, 11) is 0. The number of benzene rings is 1. The summed E-state index contributed by atoms with van der Waals surface area (Å²) in [5.74, 6) is 1.76. The fraction of sp³-hybridized carbons (Fsp3) is 0.333. The molecule has 0 saturated heterocycles. The molecule has 9 heteroatoms. The highest BCUT2D eigenvalue weighted by Gasteiger charge is 2.23. The van der Waals surface area contributed by atoms with E-state index in [-0.39, 0.29) is 11.1 Å². The number of aryl methyl sites for hydroxylation is 1. The van der Waals surface area contributed by atoms with Crippen LogP contribution in [0.1, 0.15) is 41.8 Å². The van der Waals surface area contributed by atoms with E-state index in [2.05, 4.69) is 33.4 Å². The Balaban J connectivity index is 1.29. The minimum atomic E-state index is -0.310. The zero-order valence-corrected chi connectivity index (χ0v) is 18.1. The third-order valence-corrected chi connectivity index (χ3v) is 7.25. The molecule has 0 unspecified atom stereocenters. The lowest BCUT2D eigenvalue weighted by molar-refractivity contribution is 0.462. The Kier molecular flexibility index (Phi) is 5.16. The van der Waals surface area contributed by atoms with E-state index in [1.54, 1.807) is 23.5 Å². The molecule has 0 saturated carbocycles. The molecular weight excluding hydrogens is 423 g/mol. The maximum absolute atomic E-state index is 13.1. The van der Waals surface area contributed by atoms with Gasteiger partial charge in [0.05, 0.1) is 10.1 Å². The van der Waals surface area contributed by atoms with Crippen molar-refractivity contribution in [3.8, 4) is 22.2 Å². The molecule has 154 valence electrons. The van der Waals surface area contributed by atoms with Crippen LogP contribution in [0.4, 0.5) is 4.39 Å². The first-order valence-electron chi connectivity index (χ1n) is 9.76. The molecule has 3 aromatic heterocycles. The van der Waals surface area contributed by atoms with Gasteiger partial charge in [-0.25, -0.2) is 4.39 Å². The Morgan fingerprint density at radius 1 is 1.10 bits per heavy atom. The highest BCUT2D eigenvalue weighted by molar-refractivity contribution is 7.99. The van der Waals surface area contributed by atoms with Crippen LogP contribution in [0.2, 0.25) is 0 Å². The molecule has 0 radical (unpaired) electrons. The van der Waals surface area contributed by atoms with E-state index >= 15 is 0 Å². The number of thiophene rings is 1. The first-order chi connectivity index (χ1) is 14.5. The molecule has 1 aromatic carbocycles. The second-order valence-electron chi connectivity index (χ2n) is 7.49. The van der Waals surface area contributed by atoms with E-state index in [1.165, 1.54) is 40.8 Å². The van der Waals surface area contributed by atoms with Crippen LogP contribution >= 0.6 is 23.1 Å². The summed E-state index contributed by atoms with van der Waals surface area (Å²) in [4.78, 5) is 2.46. The third-order valence-electron chi connectivity index (χ3n) is 5.10. The van der Waals surface area contributed by atoms with Gasteiger partial charge in [-0.3, -0.25) is 0 Å². The lowest BCUT2D eigenvalue weighted by Gasteiger charge is -2.16. The van der Waals surface area contributed by atoms with Gasteiger partial charge in [0.1, 0.15) is 5.82 Å².